The van der Waals surface area contributed by atoms with Crippen molar-refractivity contribution in [1.82, 2.24) is 9.80 Å². The van der Waals surface area contributed by atoms with Gasteiger partial charge in [-0.05, 0) is 36.8 Å². The van der Waals surface area contributed by atoms with Gasteiger partial charge in [-0.25, -0.2) is 0 Å². The Morgan fingerprint density at radius 3 is 2.22 bits per heavy atom. The number of thiol groups is 1. The zero-order valence-electron chi connectivity index (χ0n) is 15.0. The average Bonchev–Trinajstić information content (AvgIpc) is 2.93. The van der Waals surface area contributed by atoms with Gasteiger partial charge in [-0.15, -0.1) is 12.6 Å². The SMILES string of the molecule is COc1ccc(Cl)cc1C(=O)N1CCCN(C(=O)c2ccccc2S)CC1. The van der Waals surface area contributed by atoms with Crippen molar-refractivity contribution in [3.8, 4) is 5.75 Å². The van der Waals surface area contributed by atoms with Crippen LogP contribution in [0.5, 0.6) is 5.75 Å². The van der Waals surface area contributed by atoms with E-state index in [1.54, 1.807) is 40.1 Å². The van der Waals surface area contributed by atoms with Gasteiger partial charge in [0.2, 0.25) is 0 Å². The summed E-state index contributed by atoms with van der Waals surface area (Å²) in [6.45, 7) is 2.09. The maximum absolute atomic E-state index is 13.0. The van der Waals surface area contributed by atoms with Crippen LogP contribution in [0.3, 0.4) is 0 Å². The lowest BCUT2D eigenvalue weighted by molar-refractivity contribution is 0.0715. The van der Waals surface area contributed by atoms with Gasteiger partial charge < -0.3 is 14.5 Å². The molecule has 0 N–H and O–H groups in total. The van der Waals surface area contributed by atoms with Crippen molar-refractivity contribution < 1.29 is 14.3 Å². The maximum Gasteiger partial charge on any atom is 0.257 e. The highest BCUT2D eigenvalue weighted by Gasteiger charge is 2.25. The molecule has 2 aromatic carbocycles. The van der Waals surface area contributed by atoms with Crippen LogP contribution in [0.1, 0.15) is 27.1 Å². The third-order valence-electron chi connectivity index (χ3n) is 4.60. The summed E-state index contributed by atoms with van der Waals surface area (Å²) in [5.41, 5.74) is 1.02. The first-order valence-electron chi connectivity index (χ1n) is 8.71. The van der Waals surface area contributed by atoms with Gasteiger partial charge >= 0.3 is 0 Å². The molecule has 7 heteroatoms. The van der Waals surface area contributed by atoms with E-state index in [1.807, 2.05) is 12.1 Å². The quantitative estimate of drug-likeness (QED) is 0.795. The van der Waals surface area contributed by atoms with Crippen LogP contribution in [-0.4, -0.2) is 54.9 Å². The molecule has 1 fully saturated rings. The summed E-state index contributed by atoms with van der Waals surface area (Å²) < 4.78 is 5.29. The van der Waals surface area contributed by atoms with Gasteiger partial charge in [0.05, 0.1) is 18.2 Å². The smallest absolute Gasteiger partial charge is 0.257 e. The topological polar surface area (TPSA) is 49.9 Å². The minimum Gasteiger partial charge on any atom is -0.496 e. The van der Waals surface area contributed by atoms with E-state index in [0.717, 1.165) is 0 Å². The van der Waals surface area contributed by atoms with Gasteiger partial charge in [0.15, 0.2) is 0 Å². The number of hydrogen-bond donors (Lipinski definition) is 1. The van der Waals surface area contributed by atoms with E-state index in [4.69, 9.17) is 16.3 Å². The summed E-state index contributed by atoms with van der Waals surface area (Å²) in [7, 11) is 1.53. The molecule has 1 aliphatic heterocycles. The normalized spacial score (nSPS) is 14.6. The van der Waals surface area contributed by atoms with E-state index in [1.165, 1.54) is 7.11 Å². The molecule has 2 aromatic rings. The molecule has 1 saturated heterocycles. The molecule has 0 unspecified atom stereocenters. The average molecular weight is 405 g/mol. The van der Waals surface area contributed by atoms with Crippen LogP contribution in [-0.2, 0) is 0 Å². The summed E-state index contributed by atoms with van der Waals surface area (Å²) in [6, 6.07) is 12.2. The van der Waals surface area contributed by atoms with E-state index in [0.29, 0.717) is 59.4 Å². The van der Waals surface area contributed by atoms with Crippen molar-refractivity contribution in [2.45, 2.75) is 11.3 Å². The number of halogens is 1. The summed E-state index contributed by atoms with van der Waals surface area (Å²) in [6.07, 6.45) is 0.703. The number of rotatable bonds is 3. The predicted octanol–water partition coefficient (Wildman–Crippen LogP) is 3.63. The maximum atomic E-state index is 13.0. The highest BCUT2D eigenvalue weighted by Crippen LogP contribution is 2.25. The van der Waals surface area contributed by atoms with Crippen molar-refractivity contribution in [3.63, 3.8) is 0 Å². The molecule has 1 aliphatic rings. The Balaban J connectivity index is 1.73. The molecule has 0 radical (unpaired) electrons. The molecule has 2 amide bonds. The van der Waals surface area contributed by atoms with Gasteiger partial charge in [0, 0.05) is 36.1 Å². The fraction of sp³-hybridized carbons (Fsp3) is 0.300. The number of carbonyl (C=O) groups is 2. The highest BCUT2D eigenvalue weighted by molar-refractivity contribution is 7.80. The van der Waals surface area contributed by atoms with Crippen LogP contribution >= 0.6 is 24.2 Å². The molecular weight excluding hydrogens is 384 g/mol. The lowest BCUT2D eigenvalue weighted by Crippen LogP contribution is -2.37. The fourth-order valence-electron chi connectivity index (χ4n) is 3.17. The molecule has 142 valence electrons. The molecule has 27 heavy (non-hydrogen) atoms. The first-order valence-corrected chi connectivity index (χ1v) is 9.54. The summed E-state index contributed by atoms with van der Waals surface area (Å²) in [5, 5.41) is 0.483. The van der Waals surface area contributed by atoms with Crippen molar-refractivity contribution >= 4 is 36.0 Å². The number of hydrogen-bond acceptors (Lipinski definition) is 4. The van der Waals surface area contributed by atoms with Crippen LogP contribution in [0.15, 0.2) is 47.4 Å². The van der Waals surface area contributed by atoms with E-state index in [9.17, 15) is 9.59 Å². The van der Waals surface area contributed by atoms with Gasteiger partial charge in [-0.3, -0.25) is 9.59 Å². The van der Waals surface area contributed by atoms with Crippen molar-refractivity contribution in [2.24, 2.45) is 0 Å². The molecule has 1 heterocycles. The van der Waals surface area contributed by atoms with Gasteiger partial charge in [-0.2, -0.15) is 0 Å². The lowest BCUT2D eigenvalue weighted by atomic mass is 10.1. The van der Waals surface area contributed by atoms with Crippen LogP contribution in [0.4, 0.5) is 0 Å². The molecule has 0 aromatic heterocycles. The number of carbonyl (C=O) groups excluding carboxylic acids is 2. The third-order valence-corrected chi connectivity index (χ3v) is 5.22. The first-order chi connectivity index (χ1) is 13.0. The number of benzene rings is 2. The minimum atomic E-state index is -0.141. The Labute approximate surface area is 169 Å². The van der Waals surface area contributed by atoms with Crippen molar-refractivity contribution in [1.29, 1.82) is 0 Å². The van der Waals surface area contributed by atoms with Gasteiger partial charge in [0.25, 0.3) is 11.8 Å². The number of ether oxygens (including phenoxy) is 1. The monoisotopic (exact) mass is 404 g/mol. The van der Waals surface area contributed by atoms with Crippen LogP contribution in [0.2, 0.25) is 5.02 Å². The van der Waals surface area contributed by atoms with Crippen LogP contribution < -0.4 is 4.74 Å². The molecular formula is C20H21ClN2O3S. The lowest BCUT2D eigenvalue weighted by Gasteiger charge is -2.23. The Kier molecular flexibility index (Phi) is 6.29. The van der Waals surface area contributed by atoms with E-state index in [-0.39, 0.29) is 11.8 Å². The number of methoxy groups -OCH3 is 1. The molecule has 0 bridgehead atoms. The Morgan fingerprint density at radius 2 is 1.59 bits per heavy atom. The zero-order chi connectivity index (χ0) is 19.4. The van der Waals surface area contributed by atoms with Crippen LogP contribution in [0.25, 0.3) is 0 Å². The molecule has 0 aliphatic carbocycles. The Hall–Kier alpha value is -2.18. The van der Waals surface area contributed by atoms with E-state index >= 15 is 0 Å². The second-order valence-corrected chi connectivity index (χ2v) is 7.22. The van der Waals surface area contributed by atoms with Gasteiger partial charge in [0.1, 0.15) is 5.75 Å². The second kappa shape index (κ2) is 8.67. The second-order valence-electron chi connectivity index (χ2n) is 6.30. The van der Waals surface area contributed by atoms with Crippen LogP contribution in [0, 0.1) is 0 Å². The minimum absolute atomic E-state index is 0.0600. The third kappa shape index (κ3) is 4.39. The Morgan fingerprint density at radius 1 is 0.963 bits per heavy atom. The molecule has 3 rings (SSSR count). The zero-order valence-corrected chi connectivity index (χ0v) is 16.7. The van der Waals surface area contributed by atoms with E-state index in [2.05, 4.69) is 12.6 Å². The summed E-state index contributed by atoms with van der Waals surface area (Å²) in [5.74, 6) is 0.291. The predicted molar refractivity (Wildman–Crippen MR) is 108 cm³/mol. The molecule has 0 atom stereocenters. The molecule has 5 nitrogen and oxygen atoms in total. The molecule has 0 spiro atoms. The summed E-state index contributed by atoms with van der Waals surface area (Å²) in [4.78, 5) is 29.9. The Bertz CT molecular complexity index is 859. The fourth-order valence-corrected chi connectivity index (χ4v) is 3.59. The van der Waals surface area contributed by atoms with Crippen molar-refractivity contribution in [2.75, 3.05) is 33.3 Å². The summed E-state index contributed by atoms with van der Waals surface area (Å²) >= 11 is 10.4. The number of amides is 2. The highest BCUT2D eigenvalue weighted by atomic mass is 35.5. The standard InChI is InChI=1S/C20H21ClN2O3S/c1-26-17-8-7-14(21)13-16(17)20(25)23-10-4-9-22(11-12-23)19(24)15-5-2-3-6-18(15)27/h2-3,5-8,13,27H,4,9-12H2,1H3. The number of nitrogens with zero attached hydrogens (tertiary/aromatic N) is 2. The van der Waals surface area contributed by atoms with Crippen molar-refractivity contribution in [3.05, 3.63) is 58.6 Å². The van der Waals surface area contributed by atoms with Gasteiger partial charge in [-0.1, -0.05) is 23.7 Å². The van der Waals surface area contributed by atoms with E-state index < -0.39 is 0 Å². The first kappa shape index (κ1) is 19.6. The largest absolute Gasteiger partial charge is 0.496 e. The molecule has 0 saturated carbocycles.